The smallest absolute Gasteiger partial charge is 0.0236 e. The van der Waals surface area contributed by atoms with E-state index in [4.69, 9.17) is 0 Å². The van der Waals surface area contributed by atoms with E-state index in [0.29, 0.717) is 6.04 Å². The molecule has 0 aliphatic heterocycles. The van der Waals surface area contributed by atoms with Crippen LogP contribution in [0.1, 0.15) is 30.5 Å². The van der Waals surface area contributed by atoms with Gasteiger partial charge < -0.3 is 0 Å². The van der Waals surface area contributed by atoms with Crippen molar-refractivity contribution in [2.75, 3.05) is 7.05 Å². The molecule has 0 aliphatic rings. The van der Waals surface area contributed by atoms with E-state index >= 15 is 0 Å². The fourth-order valence-electron chi connectivity index (χ4n) is 1.46. The minimum Gasteiger partial charge on any atom is -0.300 e. The van der Waals surface area contributed by atoms with Crippen LogP contribution >= 0.6 is 22.6 Å². The number of halogens is 1. The minimum atomic E-state index is 0.601. The molecule has 0 aromatic heterocycles. The Balaban J connectivity index is 2.91. The summed E-state index contributed by atoms with van der Waals surface area (Å²) in [4.78, 5) is 2.37. The summed E-state index contributed by atoms with van der Waals surface area (Å²) >= 11 is 2.40. The molecule has 0 fully saturated rings. The van der Waals surface area contributed by atoms with E-state index in [9.17, 15) is 0 Å². The minimum absolute atomic E-state index is 0.601. The topological polar surface area (TPSA) is 3.24 Å². The van der Waals surface area contributed by atoms with Crippen LogP contribution in [0.3, 0.4) is 0 Å². The third-order valence-electron chi connectivity index (χ3n) is 2.92. The predicted octanol–water partition coefficient (Wildman–Crippen LogP) is 3.75. The van der Waals surface area contributed by atoms with Gasteiger partial charge in [0.25, 0.3) is 0 Å². The monoisotopic (exact) mass is 317 g/mol. The standard InChI is InChI=1S/C13H20IN/c1-9(2)15(5)8-12-6-11(4)13(14)7-10(12)3/h6-7,9H,8H2,1-5H3. The Morgan fingerprint density at radius 3 is 2.33 bits per heavy atom. The Kier molecular flexibility index (Phi) is 4.59. The Labute approximate surface area is 107 Å². The Hall–Kier alpha value is -0.0900. The van der Waals surface area contributed by atoms with E-state index < -0.39 is 0 Å². The first-order valence-electron chi connectivity index (χ1n) is 5.37. The van der Waals surface area contributed by atoms with E-state index in [-0.39, 0.29) is 0 Å². The van der Waals surface area contributed by atoms with Gasteiger partial charge in [0.15, 0.2) is 0 Å². The van der Waals surface area contributed by atoms with Crippen molar-refractivity contribution in [3.8, 4) is 0 Å². The Morgan fingerprint density at radius 1 is 1.20 bits per heavy atom. The zero-order valence-electron chi connectivity index (χ0n) is 10.3. The van der Waals surface area contributed by atoms with Gasteiger partial charge in [-0.05, 0) is 80.1 Å². The summed E-state index contributed by atoms with van der Waals surface area (Å²) in [5, 5.41) is 0. The molecule has 0 radical (unpaired) electrons. The quantitative estimate of drug-likeness (QED) is 0.768. The lowest BCUT2D eigenvalue weighted by Gasteiger charge is -2.22. The molecule has 1 aromatic carbocycles. The first-order valence-corrected chi connectivity index (χ1v) is 6.45. The molecule has 0 aliphatic carbocycles. The van der Waals surface area contributed by atoms with Crippen LogP contribution in [0.5, 0.6) is 0 Å². The maximum Gasteiger partial charge on any atom is 0.0236 e. The van der Waals surface area contributed by atoms with Crippen molar-refractivity contribution in [2.24, 2.45) is 0 Å². The average Bonchev–Trinajstić information content (AvgIpc) is 2.13. The van der Waals surface area contributed by atoms with Crippen molar-refractivity contribution in [3.05, 3.63) is 32.4 Å². The molecule has 1 nitrogen and oxygen atoms in total. The molecule has 2 heteroatoms. The van der Waals surface area contributed by atoms with Gasteiger partial charge in [-0.25, -0.2) is 0 Å². The summed E-state index contributed by atoms with van der Waals surface area (Å²) < 4.78 is 1.36. The molecule has 0 unspecified atom stereocenters. The highest BCUT2D eigenvalue weighted by atomic mass is 127. The summed E-state index contributed by atoms with van der Waals surface area (Å²) in [6, 6.07) is 5.19. The molecule has 0 atom stereocenters. The lowest BCUT2D eigenvalue weighted by molar-refractivity contribution is 0.265. The van der Waals surface area contributed by atoms with Crippen molar-refractivity contribution >= 4 is 22.6 Å². The number of hydrogen-bond acceptors (Lipinski definition) is 1. The fourth-order valence-corrected chi connectivity index (χ4v) is 2.09. The van der Waals surface area contributed by atoms with Gasteiger partial charge in [-0.15, -0.1) is 0 Å². The van der Waals surface area contributed by atoms with Gasteiger partial charge in [-0.2, -0.15) is 0 Å². The second-order valence-corrected chi connectivity index (χ2v) is 5.70. The van der Waals surface area contributed by atoms with Crippen LogP contribution in [0.4, 0.5) is 0 Å². The first-order chi connectivity index (χ1) is 6.91. The van der Waals surface area contributed by atoms with Crippen LogP contribution in [0.25, 0.3) is 0 Å². The molecule has 1 aromatic rings. The van der Waals surface area contributed by atoms with Crippen LogP contribution in [-0.2, 0) is 6.54 Å². The van der Waals surface area contributed by atoms with Crippen LogP contribution < -0.4 is 0 Å². The summed E-state index contributed by atoms with van der Waals surface area (Å²) in [6.07, 6.45) is 0. The van der Waals surface area contributed by atoms with Crippen LogP contribution in [0, 0.1) is 17.4 Å². The van der Waals surface area contributed by atoms with Gasteiger partial charge in [0.2, 0.25) is 0 Å². The molecule has 0 heterocycles. The molecule has 15 heavy (non-hydrogen) atoms. The van der Waals surface area contributed by atoms with Gasteiger partial charge in [-0.3, -0.25) is 4.90 Å². The van der Waals surface area contributed by atoms with E-state index in [2.05, 4.69) is 74.4 Å². The highest BCUT2D eigenvalue weighted by molar-refractivity contribution is 14.1. The third kappa shape index (κ3) is 3.45. The number of hydrogen-bond donors (Lipinski definition) is 0. The fraction of sp³-hybridized carbons (Fsp3) is 0.538. The number of nitrogens with zero attached hydrogens (tertiary/aromatic N) is 1. The Morgan fingerprint density at radius 2 is 1.80 bits per heavy atom. The van der Waals surface area contributed by atoms with Crippen LogP contribution in [-0.4, -0.2) is 18.0 Å². The van der Waals surface area contributed by atoms with Gasteiger partial charge in [0.05, 0.1) is 0 Å². The maximum atomic E-state index is 2.40. The molecule has 0 saturated heterocycles. The summed E-state index contributed by atoms with van der Waals surface area (Å²) in [6.45, 7) is 9.89. The summed E-state index contributed by atoms with van der Waals surface area (Å²) in [7, 11) is 2.18. The molecule has 84 valence electrons. The number of aryl methyl sites for hydroxylation is 2. The van der Waals surface area contributed by atoms with Crippen molar-refractivity contribution < 1.29 is 0 Å². The van der Waals surface area contributed by atoms with E-state index in [1.807, 2.05) is 0 Å². The number of rotatable bonds is 3. The largest absolute Gasteiger partial charge is 0.300 e. The van der Waals surface area contributed by atoms with Crippen molar-refractivity contribution in [1.82, 2.24) is 4.90 Å². The molecule has 0 N–H and O–H groups in total. The second kappa shape index (κ2) is 5.30. The number of benzene rings is 1. The summed E-state index contributed by atoms with van der Waals surface area (Å²) in [5.41, 5.74) is 4.23. The van der Waals surface area contributed by atoms with E-state index in [1.54, 1.807) is 0 Å². The van der Waals surface area contributed by atoms with Gasteiger partial charge >= 0.3 is 0 Å². The van der Waals surface area contributed by atoms with Crippen molar-refractivity contribution in [1.29, 1.82) is 0 Å². The normalized spacial score (nSPS) is 11.5. The first kappa shape index (κ1) is 13.0. The molecular formula is C13H20IN. The van der Waals surface area contributed by atoms with Gasteiger partial charge in [0.1, 0.15) is 0 Å². The van der Waals surface area contributed by atoms with E-state index in [0.717, 1.165) is 6.54 Å². The lowest BCUT2D eigenvalue weighted by atomic mass is 10.0. The SMILES string of the molecule is Cc1cc(CN(C)C(C)C)c(C)cc1I. The molecular weight excluding hydrogens is 297 g/mol. The van der Waals surface area contributed by atoms with Crippen LogP contribution in [0.2, 0.25) is 0 Å². The highest BCUT2D eigenvalue weighted by Crippen LogP contribution is 2.19. The van der Waals surface area contributed by atoms with Crippen molar-refractivity contribution in [2.45, 2.75) is 40.3 Å². The van der Waals surface area contributed by atoms with Crippen LogP contribution in [0.15, 0.2) is 12.1 Å². The summed E-state index contributed by atoms with van der Waals surface area (Å²) in [5.74, 6) is 0. The highest BCUT2D eigenvalue weighted by Gasteiger charge is 2.07. The molecule has 0 spiro atoms. The lowest BCUT2D eigenvalue weighted by Crippen LogP contribution is -2.26. The third-order valence-corrected chi connectivity index (χ3v) is 4.08. The Bertz CT molecular complexity index is 345. The molecule has 0 bridgehead atoms. The second-order valence-electron chi connectivity index (χ2n) is 4.54. The van der Waals surface area contributed by atoms with E-state index in [1.165, 1.54) is 20.3 Å². The van der Waals surface area contributed by atoms with Gasteiger partial charge in [-0.1, -0.05) is 6.07 Å². The van der Waals surface area contributed by atoms with Crippen molar-refractivity contribution in [3.63, 3.8) is 0 Å². The maximum absolute atomic E-state index is 2.40. The zero-order valence-corrected chi connectivity index (χ0v) is 12.4. The predicted molar refractivity (Wildman–Crippen MR) is 75.2 cm³/mol. The molecule has 1 rings (SSSR count). The average molecular weight is 317 g/mol. The molecule has 0 amide bonds. The van der Waals surface area contributed by atoms with Gasteiger partial charge in [0, 0.05) is 16.2 Å². The molecule has 0 saturated carbocycles. The zero-order chi connectivity index (χ0) is 11.6.